The average molecular weight is 478 g/mol. The van der Waals surface area contributed by atoms with E-state index >= 15 is 0 Å². The molecule has 1 nitrogen and oxygen atoms in total. The summed E-state index contributed by atoms with van der Waals surface area (Å²) in [6, 6.07) is 23.9. The van der Waals surface area contributed by atoms with E-state index in [4.69, 9.17) is 6.66 Å². The maximum atomic E-state index is 5.51. The third-order valence-corrected chi connectivity index (χ3v) is 18.0. The van der Waals surface area contributed by atoms with Crippen LogP contribution in [0.5, 0.6) is 0 Å². The lowest BCUT2D eigenvalue weighted by Gasteiger charge is -2.53. The highest BCUT2D eigenvalue weighted by Crippen LogP contribution is 2.85. The average Bonchev–Trinajstić information content (AvgIpc) is 3.50. The van der Waals surface area contributed by atoms with Crippen molar-refractivity contribution < 1.29 is 0 Å². The van der Waals surface area contributed by atoms with Crippen molar-refractivity contribution in [3.05, 3.63) is 67.3 Å². The van der Waals surface area contributed by atoms with Gasteiger partial charge in [-0.25, -0.2) is 0 Å². The van der Waals surface area contributed by atoms with E-state index in [0.717, 1.165) is 29.2 Å². The Labute approximate surface area is 203 Å². The molecule has 2 aromatic carbocycles. The zero-order valence-corrected chi connectivity index (χ0v) is 22.0. The lowest BCUT2D eigenvalue weighted by atomic mass is 9.73. The van der Waals surface area contributed by atoms with Gasteiger partial charge in [-0.15, -0.1) is 0 Å². The van der Waals surface area contributed by atoms with E-state index in [1.807, 2.05) is 0 Å². The molecule has 3 heteroatoms. The van der Waals surface area contributed by atoms with Gasteiger partial charge < -0.3 is 0 Å². The number of fused-ring (bicyclic) bond motifs is 3. The minimum atomic E-state index is -1.52. The van der Waals surface area contributed by atoms with Crippen LogP contribution in [0.25, 0.3) is 0 Å². The highest BCUT2D eigenvalue weighted by molar-refractivity contribution is 7.88. The van der Waals surface area contributed by atoms with Crippen LogP contribution in [0.4, 0.5) is 0 Å². The van der Waals surface area contributed by atoms with Crippen molar-refractivity contribution in [1.29, 1.82) is 0 Å². The number of hydrogen-bond acceptors (Lipinski definition) is 1. The number of benzene rings is 2. The van der Waals surface area contributed by atoms with E-state index in [9.17, 15) is 0 Å². The number of hydrogen-bond donors (Lipinski definition) is 0. The zero-order chi connectivity index (χ0) is 22.3. The summed E-state index contributed by atoms with van der Waals surface area (Å²) in [6.07, 6.45) is 17.4. The van der Waals surface area contributed by atoms with Crippen LogP contribution in [0, 0.1) is 18.5 Å². The first-order chi connectivity index (χ1) is 16.3. The molecule has 0 spiro atoms. The van der Waals surface area contributed by atoms with Crippen LogP contribution >= 0.6 is 15.5 Å². The summed E-state index contributed by atoms with van der Waals surface area (Å²) in [4.78, 5) is 0. The first-order valence-corrected chi connectivity index (χ1v) is 17.1. The standard InChI is InChI=1S/C30H41NP2/c1-33(29-22-12-10-20-27(29)28-21-11-13-23-30(28)33)31(24-14-8-9-15-24)32(25-16-4-2-5-17-25)26-18-6-3-7-19-26/h2-7,16-19,24,27-30H,1,8-15,20-23H2. The fraction of sp³-hybridized carbons (Fsp3) is 0.567. The number of nitrogens with zero attached hydrogens (tertiary/aromatic N) is 1. The summed E-state index contributed by atoms with van der Waals surface area (Å²) in [6.45, 7) is 5.51. The van der Waals surface area contributed by atoms with E-state index in [1.165, 1.54) is 77.0 Å². The monoisotopic (exact) mass is 477 g/mol. The van der Waals surface area contributed by atoms with Gasteiger partial charge in [0.1, 0.15) is 0 Å². The molecule has 0 aromatic heterocycles. The van der Waals surface area contributed by atoms with Gasteiger partial charge in [-0.3, -0.25) is 0 Å². The molecule has 0 bridgehead atoms. The Morgan fingerprint density at radius 3 is 1.52 bits per heavy atom. The first-order valence-electron chi connectivity index (χ1n) is 13.7. The SMILES string of the molecule is [CH2-][P+]1(N(C2CCCC2)P(c2ccccc2)c2ccccc2)C2CCCCC2C2CCCCC21. The Balaban J connectivity index is 1.52. The van der Waals surface area contributed by atoms with Gasteiger partial charge >= 0.3 is 0 Å². The van der Waals surface area contributed by atoms with Gasteiger partial charge in [-0.1, -0.05) is 86.3 Å². The molecule has 3 aliphatic carbocycles. The highest BCUT2D eigenvalue weighted by atomic mass is 31.2. The molecule has 1 saturated heterocycles. The third kappa shape index (κ3) is 3.96. The van der Waals surface area contributed by atoms with Crippen molar-refractivity contribution >= 4 is 26.1 Å². The Hall–Kier alpha value is -0.740. The molecular formula is C30H41NP2. The molecule has 4 fully saturated rings. The maximum absolute atomic E-state index is 5.51. The van der Waals surface area contributed by atoms with Crippen molar-refractivity contribution in [3.63, 3.8) is 0 Å². The van der Waals surface area contributed by atoms with Crippen molar-refractivity contribution in [1.82, 2.24) is 4.44 Å². The molecule has 4 aliphatic rings. The Morgan fingerprint density at radius 1 is 0.606 bits per heavy atom. The minimum Gasteiger partial charge on any atom is -0.177 e. The topological polar surface area (TPSA) is 3.24 Å². The molecular weight excluding hydrogens is 436 g/mol. The van der Waals surface area contributed by atoms with Crippen molar-refractivity contribution in [2.45, 2.75) is 94.4 Å². The van der Waals surface area contributed by atoms with Crippen LogP contribution < -0.4 is 10.6 Å². The van der Waals surface area contributed by atoms with E-state index in [0.29, 0.717) is 0 Å². The fourth-order valence-corrected chi connectivity index (χ4v) is 18.5. The predicted octanol–water partition coefficient (Wildman–Crippen LogP) is 8.13. The zero-order valence-electron chi connectivity index (χ0n) is 20.2. The van der Waals surface area contributed by atoms with Crippen LogP contribution in [-0.2, 0) is 0 Å². The molecule has 0 amide bonds. The van der Waals surface area contributed by atoms with Crippen molar-refractivity contribution in [2.75, 3.05) is 0 Å². The summed E-state index contributed by atoms with van der Waals surface area (Å²) >= 11 is 0. The quantitative estimate of drug-likeness (QED) is 0.310. The van der Waals surface area contributed by atoms with Crippen LogP contribution in [0.2, 0.25) is 0 Å². The third-order valence-electron chi connectivity index (χ3n) is 9.50. The fourth-order valence-electron chi connectivity index (χ4n) is 8.23. The Morgan fingerprint density at radius 2 is 1.03 bits per heavy atom. The minimum absolute atomic E-state index is 0.529. The maximum Gasteiger partial charge on any atom is 0.0639 e. The molecule has 1 aliphatic heterocycles. The molecule has 3 saturated carbocycles. The largest absolute Gasteiger partial charge is 0.177 e. The summed E-state index contributed by atoms with van der Waals surface area (Å²) in [5.41, 5.74) is 1.80. The molecule has 0 N–H and O–H groups in total. The van der Waals surface area contributed by atoms with Crippen LogP contribution in [0.3, 0.4) is 0 Å². The molecule has 6 rings (SSSR count). The first kappa shape index (κ1) is 22.7. The Kier molecular flexibility index (Phi) is 6.69. The summed E-state index contributed by atoms with van der Waals surface area (Å²) in [7, 11) is -2.05. The lowest BCUT2D eigenvalue weighted by Crippen LogP contribution is -2.40. The van der Waals surface area contributed by atoms with Gasteiger partial charge in [0.15, 0.2) is 0 Å². The summed E-state index contributed by atoms with van der Waals surface area (Å²) in [5.74, 6) is 1.95. The molecule has 0 radical (unpaired) electrons. The molecule has 4 atom stereocenters. The van der Waals surface area contributed by atoms with Crippen LogP contribution in [0.15, 0.2) is 60.7 Å². The second-order valence-electron chi connectivity index (χ2n) is 11.2. The van der Waals surface area contributed by atoms with E-state index in [2.05, 4.69) is 65.1 Å². The highest BCUT2D eigenvalue weighted by Gasteiger charge is 2.64. The van der Waals surface area contributed by atoms with Crippen molar-refractivity contribution in [2.24, 2.45) is 11.8 Å². The smallest absolute Gasteiger partial charge is 0.0639 e. The molecule has 4 unspecified atom stereocenters. The molecule has 1 heterocycles. The van der Waals surface area contributed by atoms with Gasteiger partial charge in [0.05, 0.1) is 19.4 Å². The van der Waals surface area contributed by atoms with Gasteiger partial charge in [0.2, 0.25) is 0 Å². The van der Waals surface area contributed by atoms with E-state index in [-0.39, 0.29) is 0 Å². The Bertz CT molecular complexity index is 848. The van der Waals surface area contributed by atoms with Gasteiger partial charge in [-0.2, -0.15) is 11.1 Å². The second-order valence-corrected chi connectivity index (χ2v) is 17.1. The second kappa shape index (κ2) is 9.72. The van der Waals surface area contributed by atoms with Gasteiger partial charge in [-0.05, 0) is 69.4 Å². The van der Waals surface area contributed by atoms with Gasteiger partial charge in [0, 0.05) is 17.9 Å². The molecule has 33 heavy (non-hydrogen) atoms. The molecule has 176 valence electrons. The van der Waals surface area contributed by atoms with Crippen LogP contribution in [-0.4, -0.2) is 21.8 Å². The molecule has 2 aromatic rings. The summed E-state index contributed by atoms with van der Waals surface area (Å²) < 4.78 is 3.24. The van der Waals surface area contributed by atoms with Crippen molar-refractivity contribution in [3.8, 4) is 0 Å². The number of rotatable bonds is 5. The summed E-state index contributed by atoms with van der Waals surface area (Å²) in [5, 5.41) is 3.11. The van der Waals surface area contributed by atoms with Gasteiger partial charge in [0.25, 0.3) is 0 Å². The lowest BCUT2D eigenvalue weighted by molar-refractivity contribution is 0.231. The normalized spacial score (nSPS) is 34.5. The predicted molar refractivity (Wildman–Crippen MR) is 147 cm³/mol. The van der Waals surface area contributed by atoms with E-state index < -0.39 is 15.5 Å². The van der Waals surface area contributed by atoms with E-state index in [1.54, 1.807) is 10.6 Å². The van der Waals surface area contributed by atoms with Crippen LogP contribution in [0.1, 0.15) is 77.0 Å².